The van der Waals surface area contributed by atoms with Crippen LogP contribution in [-0.4, -0.2) is 179 Å². The third kappa shape index (κ3) is 19.8. The van der Waals surface area contributed by atoms with E-state index in [0.29, 0.717) is 38.8 Å². The van der Waals surface area contributed by atoms with Crippen LogP contribution in [0.25, 0.3) is 0 Å². The molecule has 0 spiro atoms. The summed E-state index contributed by atoms with van der Waals surface area (Å²) in [5.41, 5.74) is -2.79. The molecular weight excluding hydrogens is 1100 g/mol. The van der Waals surface area contributed by atoms with Crippen LogP contribution in [0.15, 0.2) is 24.3 Å². The second-order valence-corrected chi connectivity index (χ2v) is 28.4. The Morgan fingerprint density at radius 2 is 0.930 bits per heavy atom. The molecule has 86 heavy (non-hydrogen) atoms. The molecule has 0 radical (unpaired) electrons. The highest BCUT2D eigenvalue weighted by Gasteiger charge is 2.46. The van der Waals surface area contributed by atoms with Crippen molar-refractivity contribution in [1.82, 2.24) is 46.2 Å². The molecule has 2 heterocycles. The molecule has 482 valence electrons. The number of esters is 1. The van der Waals surface area contributed by atoms with Gasteiger partial charge in [0.25, 0.3) is 5.91 Å². The molecule has 0 unspecified atom stereocenters. The zero-order chi connectivity index (χ0) is 64.2. The summed E-state index contributed by atoms with van der Waals surface area (Å²) in [6.07, 6.45) is 9.68. The maximum Gasteiger partial charge on any atom is 0.410 e. The fraction of sp³-hybridized carbons (Fsp3) is 0.750. The van der Waals surface area contributed by atoms with E-state index in [0.717, 1.165) is 64.2 Å². The van der Waals surface area contributed by atoms with Gasteiger partial charge in [-0.1, -0.05) is 86.1 Å². The number of nitrogens with zero attached hydrogens (tertiary/aromatic N) is 4. The largest absolute Gasteiger partial charge is 0.460 e. The average molecular weight is 1210 g/mol. The van der Waals surface area contributed by atoms with Gasteiger partial charge in [0.2, 0.25) is 35.4 Å². The summed E-state index contributed by atoms with van der Waals surface area (Å²) in [4.78, 5) is 144. The van der Waals surface area contributed by atoms with Gasteiger partial charge in [0.15, 0.2) is 0 Å². The summed E-state index contributed by atoms with van der Waals surface area (Å²) < 4.78 is 16.9. The quantitative estimate of drug-likeness (QED) is 0.0636. The van der Waals surface area contributed by atoms with Gasteiger partial charge in [0.05, 0.1) is 11.6 Å². The standard InChI is InChI=1S/C64H103N9O13/c1-39(70(15)59(82)85-63(9,10)11)51(74)68-49(61(3,4)5)56(79)72-34-24-32-47(72)54(77)66-45(41-26-19-17-20-27-41)37-65-53(76)43-30-23-31-44(36-43)58(81)84-38-46(42-28-21-18-22-29-42)67-55(78)48-33-25-35-73(48)57(80)50(62(6,7)8)69-52(75)40(2)71(16)60(83)86-64(12,13)14/h23,30-31,36,39-42,45-50H,17-22,24-29,32-35,37-38H2,1-16H3,(H,65,76)(H,66,77)(H,67,78)(H,68,74)(H,69,75)/t39-,40-,45+,46+,47-,48-,49+,50+/m0/s1. The lowest BCUT2D eigenvalue weighted by molar-refractivity contribution is -0.144. The lowest BCUT2D eigenvalue weighted by atomic mass is 9.83. The highest BCUT2D eigenvalue weighted by Crippen LogP contribution is 2.32. The van der Waals surface area contributed by atoms with Crippen molar-refractivity contribution in [3.8, 4) is 0 Å². The number of nitrogens with one attached hydrogen (secondary N) is 5. The highest BCUT2D eigenvalue weighted by atomic mass is 16.6. The van der Waals surface area contributed by atoms with Crippen molar-refractivity contribution in [1.29, 1.82) is 0 Å². The Morgan fingerprint density at radius 1 is 0.535 bits per heavy atom. The van der Waals surface area contributed by atoms with E-state index in [9.17, 15) is 47.9 Å². The number of ether oxygens (including phenoxy) is 3. The Hall–Kier alpha value is -6.48. The molecule has 2 aliphatic heterocycles. The van der Waals surface area contributed by atoms with Gasteiger partial charge in [-0.05, 0) is 148 Å². The van der Waals surface area contributed by atoms with E-state index < -0.39 is 118 Å². The number of likely N-dealkylation sites (N-methyl/N-ethyl adjacent to an activating group) is 2. The van der Waals surface area contributed by atoms with Crippen molar-refractivity contribution in [2.24, 2.45) is 22.7 Å². The van der Waals surface area contributed by atoms with Crippen molar-refractivity contribution < 1.29 is 62.2 Å². The van der Waals surface area contributed by atoms with Crippen LogP contribution < -0.4 is 26.6 Å². The molecule has 22 heteroatoms. The number of hydrogen-bond donors (Lipinski definition) is 5. The van der Waals surface area contributed by atoms with Crippen molar-refractivity contribution in [2.45, 2.75) is 246 Å². The number of carbonyl (C=O) groups is 10. The predicted octanol–water partition coefficient (Wildman–Crippen LogP) is 7.26. The molecule has 5 rings (SSSR count). The number of amides is 9. The number of hydrogen-bond acceptors (Lipinski definition) is 13. The molecule has 1 aromatic carbocycles. The molecule has 9 amide bonds. The number of benzene rings is 1. The van der Waals surface area contributed by atoms with E-state index in [1.807, 2.05) is 41.5 Å². The van der Waals surface area contributed by atoms with Gasteiger partial charge in [0, 0.05) is 45.3 Å². The van der Waals surface area contributed by atoms with Crippen LogP contribution in [0.5, 0.6) is 0 Å². The Morgan fingerprint density at radius 3 is 1.34 bits per heavy atom. The van der Waals surface area contributed by atoms with Gasteiger partial charge in [-0.15, -0.1) is 0 Å². The van der Waals surface area contributed by atoms with Crippen LogP contribution in [0.2, 0.25) is 0 Å². The van der Waals surface area contributed by atoms with Crippen LogP contribution in [-0.2, 0) is 43.0 Å². The van der Waals surface area contributed by atoms with Crippen LogP contribution in [0.4, 0.5) is 9.59 Å². The predicted molar refractivity (Wildman–Crippen MR) is 325 cm³/mol. The van der Waals surface area contributed by atoms with E-state index in [-0.39, 0.29) is 47.9 Å². The Bertz CT molecular complexity index is 2400. The first-order valence-electron chi connectivity index (χ1n) is 31.3. The topological polar surface area (TPSA) is 272 Å². The summed E-state index contributed by atoms with van der Waals surface area (Å²) in [5.74, 6) is -3.81. The van der Waals surface area contributed by atoms with Gasteiger partial charge in [-0.3, -0.25) is 43.4 Å². The van der Waals surface area contributed by atoms with Crippen molar-refractivity contribution in [3.05, 3.63) is 35.4 Å². The molecule has 2 saturated heterocycles. The first kappa shape index (κ1) is 70.3. The molecule has 22 nitrogen and oxygen atoms in total. The molecule has 2 saturated carbocycles. The lowest BCUT2D eigenvalue weighted by Gasteiger charge is -2.37. The van der Waals surface area contributed by atoms with Gasteiger partial charge < -0.3 is 50.6 Å². The Kier molecular flexibility index (Phi) is 24.5. The normalized spacial score (nSPS) is 20.2. The smallest absolute Gasteiger partial charge is 0.410 e. The summed E-state index contributed by atoms with van der Waals surface area (Å²) in [7, 11) is 2.92. The Balaban J connectivity index is 1.23. The summed E-state index contributed by atoms with van der Waals surface area (Å²) in [6, 6.07) is -0.558. The molecule has 2 aliphatic carbocycles. The second kappa shape index (κ2) is 29.9. The fourth-order valence-electron chi connectivity index (χ4n) is 11.7. The molecule has 5 N–H and O–H groups in total. The van der Waals surface area contributed by atoms with Crippen LogP contribution in [0, 0.1) is 22.7 Å². The van der Waals surface area contributed by atoms with E-state index in [2.05, 4.69) is 26.6 Å². The van der Waals surface area contributed by atoms with Gasteiger partial charge >= 0.3 is 18.2 Å². The fourth-order valence-corrected chi connectivity index (χ4v) is 11.7. The first-order chi connectivity index (χ1) is 40.0. The summed E-state index contributed by atoms with van der Waals surface area (Å²) >= 11 is 0. The monoisotopic (exact) mass is 1210 g/mol. The van der Waals surface area contributed by atoms with E-state index >= 15 is 0 Å². The van der Waals surface area contributed by atoms with Crippen molar-refractivity contribution >= 4 is 59.5 Å². The summed E-state index contributed by atoms with van der Waals surface area (Å²) in [5, 5.41) is 15.1. The molecule has 4 fully saturated rings. The van der Waals surface area contributed by atoms with Gasteiger partial charge in [-0.25, -0.2) is 14.4 Å². The minimum absolute atomic E-state index is 0.00826. The van der Waals surface area contributed by atoms with Crippen LogP contribution >= 0.6 is 0 Å². The van der Waals surface area contributed by atoms with E-state index in [1.165, 1.54) is 39.8 Å². The second-order valence-electron chi connectivity index (χ2n) is 28.4. The molecule has 8 atom stereocenters. The number of rotatable bonds is 20. The van der Waals surface area contributed by atoms with E-state index in [1.54, 1.807) is 73.6 Å². The molecule has 1 aromatic rings. The van der Waals surface area contributed by atoms with Crippen molar-refractivity contribution in [2.75, 3.05) is 40.3 Å². The number of likely N-dealkylation sites (tertiary alicyclic amines) is 2. The third-order valence-electron chi connectivity index (χ3n) is 17.1. The lowest BCUT2D eigenvalue weighted by Crippen LogP contribution is -2.61. The molecule has 0 bridgehead atoms. The number of carbonyl (C=O) groups excluding carboxylic acids is 10. The molecule has 0 aromatic heterocycles. The maximum atomic E-state index is 14.5. The van der Waals surface area contributed by atoms with Gasteiger partial charge in [-0.2, -0.15) is 0 Å². The van der Waals surface area contributed by atoms with Crippen LogP contribution in [0.1, 0.15) is 208 Å². The molecule has 4 aliphatic rings. The van der Waals surface area contributed by atoms with Crippen molar-refractivity contribution in [3.63, 3.8) is 0 Å². The minimum atomic E-state index is -1.03. The van der Waals surface area contributed by atoms with Gasteiger partial charge in [0.1, 0.15) is 54.1 Å². The minimum Gasteiger partial charge on any atom is -0.460 e. The Labute approximate surface area is 510 Å². The summed E-state index contributed by atoms with van der Waals surface area (Å²) in [6.45, 7) is 24.9. The molecular formula is C64H103N9O13. The average Bonchev–Trinajstić information content (AvgIpc) is 3.23. The van der Waals surface area contributed by atoms with Crippen LogP contribution in [0.3, 0.4) is 0 Å². The SMILES string of the molecule is C[C@@H](C(=O)N[C@H](C(=O)N1CCC[C@H]1C(=O)N[C@H](CNC(=O)c1cccc(C(=O)OC[C@@H](NC(=O)[C@@H]2CCCN2C(=O)[C@@H](NC(=O)[C@H](C)N(C)C(=O)OC(C)(C)C)C(C)(C)C)C2CCCCC2)c1)C1CCCCC1)C(C)(C)C)N(C)C(=O)OC(C)(C)C. The van der Waals surface area contributed by atoms with E-state index in [4.69, 9.17) is 14.2 Å². The first-order valence-corrected chi connectivity index (χ1v) is 31.3. The zero-order valence-corrected chi connectivity index (χ0v) is 54.4. The highest BCUT2D eigenvalue weighted by molar-refractivity contribution is 5.99. The zero-order valence-electron chi connectivity index (χ0n) is 54.4. The third-order valence-corrected chi connectivity index (χ3v) is 17.1. The maximum absolute atomic E-state index is 14.5.